The molecule has 0 spiro atoms. The number of benzene rings is 1. The van der Waals surface area contributed by atoms with Gasteiger partial charge in [-0.3, -0.25) is 4.79 Å². The minimum absolute atomic E-state index is 0.229. The summed E-state index contributed by atoms with van der Waals surface area (Å²) < 4.78 is 19.6. The summed E-state index contributed by atoms with van der Waals surface area (Å²) in [7, 11) is 0. The second-order valence-electron chi connectivity index (χ2n) is 9.67. The minimum Gasteiger partial charge on any atom is -0.426 e. The van der Waals surface area contributed by atoms with Gasteiger partial charge in [0.25, 0.3) is 0 Å². The van der Waals surface area contributed by atoms with E-state index >= 15 is 0 Å². The Bertz CT molecular complexity index is 619. The third kappa shape index (κ3) is 10.7. The standard InChI is InChI=1S/C28H45FO2/c1-3-5-7-8-9-11-12-23-14-16-24(17-15-23)18-21-28(30)31-26-20-19-25(27(29)22-26)13-10-6-4-2/h19-20,22-24H,3-18,21H2,1-2H3/t23-,24-. The zero-order chi connectivity index (χ0) is 22.3. The second kappa shape index (κ2) is 15.4. The number of aryl methyl sites for hydroxylation is 1. The number of carbonyl (C=O) groups excluding carboxylic acids is 1. The number of carbonyl (C=O) groups is 1. The second-order valence-corrected chi connectivity index (χ2v) is 9.67. The molecule has 0 heterocycles. The lowest BCUT2D eigenvalue weighted by atomic mass is 9.78. The number of rotatable bonds is 15. The Balaban J connectivity index is 1.59. The van der Waals surface area contributed by atoms with Gasteiger partial charge in [-0.15, -0.1) is 0 Å². The molecule has 0 saturated heterocycles. The van der Waals surface area contributed by atoms with Crippen LogP contribution in [0.5, 0.6) is 5.75 Å². The Morgan fingerprint density at radius 1 is 0.871 bits per heavy atom. The lowest BCUT2D eigenvalue weighted by Gasteiger charge is -2.28. The lowest BCUT2D eigenvalue weighted by molar-refractivity contribution is -0.134. The Morgan fingerprint density at radius 3 is 2.16 bits per heavy atom. The molecule has 0 aromatic heterocycles. The van der Waals surface area contributed by atoms with Gasteiger partial charge in [-0.25, -0.2) is 4.39 Å². The molecule has 1 aliphatic rings. The van der Waals surface area contributed by atoms with Crippen molar-refractivity contribution in [3.05, 3.63) is 29.6 Å². The summed E-state index contributed by atoms with van der Waals surface area (Å²) in [5.41, 5.74) is 0.714. The maximum atomic E-state index is 14.2. The van der Waals surface area contributed by atoms with Gasteiger partial charge in [0, 0.05) is 12.5 Å². The van der Waals surface area contributed by atoms with Gasteiger partial charge in [-0.2, -0.15) is 0 Å². The van der Waals surface area contributed by atoms with Crippen LogP contribution in [0.2, 0.25) is 0 Å². The third-order valence-corrected chi connectivity index (χ3v) is 6.99. The van der Waals surface area contributed by atoms with Crippen LogP contribution in [0, 0.1) is 17.7 Å². The van der Waals surface area contributed by atoms with Crippen LogP contribution in [-0.2, 0) is 11.2 Å². The molecule has 0 unspecified atom stereocenters. The Hall–Kier alpha value is -1.38. The highest BCUT2D eigenvalue weighted by atomic mass is 19.1. The van der Waals surface area contributed by atoms with Gasteiger partial charge < -0.3 is 4.74 Å². The van der Waals surface area contributed by atoms with Gasteiger partial charge >= 0.3 is 5.97 Å². The Morgan fingerprint density at radius 2 is 1.48 bits per heavy atom. The molecule has 0 radical (unpaired) electrons. The molecule has 0 amide bonds. The molecule has 1 saturated carbocycles. The van der Waals surface area contributed by atoms with Crippen molar-refractivity contribution in [2.45, 2.75) is 123 Å². The molecule has 0 bridgehead atoms. The minimum atomic E-state index is -0.259. The van der Waals surface area contributed by atoms with Crippen LogP contribution in [0.25, 0.3) is 0 Å². The fraction of sp³-hybridized carbons (Fsp3) is 0.750. The Kier molecular flexibility index (Phi) is 12.9. The zero-order valence-corrected chi connectivity index (χ0v) is 20.1. The van der Waals surface area contributed by atoms with Crippen molar-refractivity contribution in [1.29, 1.82) is 0 Å². The molecule has 2 rings (SSSR count). The first kappa shape index (κ1) is 25.9. The molecule has 1 aromatic rings. The number of ether oxygens (including phenoxy) is 1. The molecule has 3 heteroatoms. The summed E-state index contributed by atoms with van der Waals surface area (Å²) in [5, 5.41) is 0. The van der Waals surface area contributed by atoms with Crippen molar-refractivity contribution in [3.63, 3.8) is 0 Å². The molecule has 1 fully saturated rings. The molecule has 31 heavy (non-hydrogen) atoms. The van der Waals surface area contributed by atoms with Gasteiger partial charge in [0.15, 0.2) is 0 Å². The first-order chi connectivity index (χ1) is 15.1. The fourth-order valence-corrected chi connectivity index (χ4v) is 4.89. The van der Waals surface area contributed by atoms with Crippen molar-refractivity contribution in [1.82, 2.24) is 0 Å². The van der Waals surface area contributed by atoms with Gasteiger partial charge in [0.05, 0.1) is 0 Å². The predicted octanol–water partition coefficient (Wildman–Crippen LogP) is 8.80. The summed E-state index contributed by atoms with van der Waals surface area (Å²) in [6, 6.07) is 4.86. The quantitative estimate of drug-likeness (QED) is 0.157. The van der Waals surface area contributed by atoms with E-state index in [2.05, 4.69) is 13.8 Å². The van der Waals surface area contributed by atoms with E-state index in [0.29, 0.717) is 23.7 Å². The maximum absolute atomic E-state index is 14.2. The van der Waals surface area contributed by atoms with E-state index in [1.807, 2.05) is 0 Å². The highest BCUT2D eigenvalue weighted by Gasteiger charge is 2.22. The van der Waals surface area contributed by atoms with Crippen LogP contribution in [0.1, 0.15) is 122 Å². The number of halogens is 1. The van der Waals surface area contributed by atoms with Crippen molar-refractivity contribution in [2.24, 2.45) is 11.8 Å². The smallest absolute Gasteiger partial charge is 0.311 e. The van der Waals surface area contributed by atoms with Gasteiger partial charge in [0.2, 0.25) is 0 Å². The van der Waals surface area contributed by atoms with Crippen LogP contribution >= 0.6 is 0 Å². The summed E-state index contributed by atoms with van der Waals surface area (Å²) >= 11 is 0. The van der Waals surface area contributed by atoms with E-state index in [1.54, 1.807) is 12.1 Å². The fourth-order valence-electron chi connectivity index (χ4n) is 4.89. The van der Waals surface area contributed by atoms with E-state index in [9.17, 15) is 9.18 Å². The monoisotopic (exact) mass is 432 g/mol. The van der Waals surface area contributed by atoms with Gasteiger partial charge in [-0.05, 0) is 42.7 Å². The number of hydrogen-bond acceptors (Lipinski definition) is 2. The largest absolute Gasteiger partial charge is 0.426 e. The normalized spacial score (nSPS) is 18.8. The van der Waals surface area contributed by atoms with Gasteiger partial charge in [-0.1, -0.05) is 103 Å². The molecule has 2 nitrogen and oxygen atoms in total. The summed E-state index contributed by atoms with van der Waals surface area (Å²) in [4.78, 5) is 12.2. The molecule has 0 N–H and O–H groups in total. The first-order valence-electron chi connectivity index (χ1n) is 13.1. The molecule has 1 aliphatic carbocycles. The van der Waals surface area contributed by atoms with Crippen LogP contribution in [0.15, 0.2) is 18.2 Å². The van der Waals surface area contributed by atoms with Crippen LogP contribution in [0.4, 0.5) is 4.39 Å². The number of esters is 1. The molecule has 1 aromatic carbocycles. The number of unbranched alkanes of at least 4 members (excludes halogenated alkanes) is 7. The van der Waals surface area contributed by atoms with E-state index in [1.165, 1.54) is 76.7 Å². The molecule has 0 atom stereocenters. The van der Waals surface area contributed by atoms with Crippen molar-refractivity contribution < 1.29 is 13.9 Å². The maximum Gasteiger partial charge on any atom is 0.311 e. The predicted molar refractivity (Wildman–Crippen MR) is 128 cm³/mol. The topological polar surface area (TPSA) is 26.3 Å². The van der Waals surface area contributed by atoms with Crippen LogP contribution in [-0.4, -0.2) is 5.97 Å². The zero-order valence-electron chi connectivity index (χ0n) is 20.1. The average molecular weight is 433 g/mol. The summed E-state index contributed by atoms with van der Waals surface area (Å²) in [5.74, 6) is 1.39. The summed E-state index contributed by atoms with van der Waals surface area (Å²) in [6.07, 6.45) is 20.1. The van der Waals surface area contributed by atoms with Crippen molar-refractivity contribution >= 4 is 5.97 Å². The molecule has 176 valence electrons. The van der Waals surface area contributed by atoms with Crippen LogP contribution in [0.3, 0.4) is 0 Å². The van der Waals surface area contributed by atoms with E-state index < -0.39 is 0 Å². The number of hydrogen-bond donors (Lipinski definition) is 0. The van der Waals surface area contributed by atoms with Gasteiger partial charge in [0.1, 0.15) is 11.6 Å². The average Bonchev–Trinajstić information content (AvgIpc) is 2.77. The van der Waals surface area contributed by atoms with E-state index in [0.717, 1.165) is 38.0 Å². The van der Waals surface area contributed by atoms with Crippen LogP contribution < -0.4 is 4.74 Å². The van der Waals surface area contributed by atoms with Crippen molar-refractivity contribution in [2.75, 3.05) is 0 Å². The third-order valence-electron chi connectivity index (χ3n) is 6.99. The van der Waals surface area contributed by atoms with Crippen molar-refractivity contribution in [3.8, 4) is 5.75 Å². The Labute approximate surface area is 190 Å². The molecular formula is C28H45FO2. The highest BCUT2D eigenvalue weighted by Crippen LogP contribution is 2.34. The highest BCUT2D eigenvalue weighted by molar-refractivity contribution is 5.72. The molecule has 0 aliphatic heterocycles. The van der Waals surface area contributed by atoms with E-state index in [-0.39, 0.29) is 11.8 Å². The SMILES string of the molecule is CCCCCCCC[C@H]1CC[C@H](CCC(=O)Oc2ccc(CCCCC)c(F)c2)CC1. The molecular weight excluding hydrogens is 387 g/mol. The van der Waals surface area contributed by atoms with E-state index in [4.69, 9.17) is 4.74 Å². The lowest BCUT2D eigenvalue weighted by Crippen LogP contribution is -2.17. The summed E-state index contributed by atoms with van der Waals surface area (Å²) in [6.45, 7) is 4.41. The first-order valence-corrected chi connectivity index (χ1v) is 13.1.